The number of alkyl halides is 3. The van der Waals surface area contributed by atoms with Crippen molar-refractivity contribution in [3.05, 3.63) is 23.9 Å². The fourth-order valence-corrected chi connectivity index (χ4v) is 3.94. The van der Waals surface area contributed by atoms with E-state index in [-0.39, 0.29) is 29.5 Å². The largest absolute Gasteiger partial charge is 0.433 e. The Kier molecular flexibility index (Phi) is 5.52. The molecule has 7 nitrogen and oxygen atoms in total. The zero-order valence-electron chi connectivity index (χ0n) is 16.3. The zero-order valence-corrected chi connectivity index (χ0v) is 17.2. The number of hydrogen-bond donors (Lipinski definition) is 4. The van der Waals surface area contributed by atoms with E-state index in [0.717, 1.165) is 25.3 Å². The number of thiol groups is 1. The third kappa shape index (κ3) is 4.61. The molecule has 4 rings (SSSR count). The van der Waals surface area contributed by atoms with Crippen LogP contribution >= 0.6 is 12.6 Å². The van der Waals surface area contributed by atoms with E-state index in [1.165, 1.54) is 12.1 Å². The molecule has 2 aromatic rings. The number of hydrogen-bond acceptors (Lipinski definition) is 8. The predicted molar refractivity (Wildman–Crippen MR) is 109 cm³/mol. The second-order valence-electron chi connectivity index (χ2n) is 7.94. The Morgan fingerprint density at radius 3 is 2.50 bits per heavy atom. The van der Waals surface area contributed by atoms with Gasteiger partial charge >= 0.3 is 6.18 Å². The number of rotatable bonds is 6. The van der Waals surface area contributed by atoms with Gasteiger partial charge in [0.05, 0.1) is 6.10 Å². The zero-order chi connectivity index (χ0) is 21.5. The van der Waals surface area contributed by atoms with Crippen LogP contribution < -0.4 is 10.6 Å². The molecular weight excluding hydrogens is 417 g/mol. The summed E-state index contributed by atoms with van der Waals surface area (Å²) in [6, 6.07) is 3.70. The summed E-state index contributed by atoms with van der Waals surface area (Å²) < 4.78 is 39.3. The van der Waals surface area contributed by atoms with Crippen molar-refractivity contribution in [1.82, 2.24) is 19.9 Å². The highest BCUT2D eigenvalue weighted by Crippen LogP contribution is 2.37. The van der Waals surface area contributed by atoms with E-state index in [9.17, 15) is 18.3 Å². The number of aromatic nitrogens is 4. The molecule has 0 amide bonds. The van der Waals surface area contributed by atoms with Gasteiger partial charge in [-0.05, 0) is 57.1 Å². The Morgan fingerprint density at radius 2 is 1.87 bits per heavy atom. The van der Waals surface area contributed by atoms with Gasteiger partial charge in [0.15, 0.2) is 5.82 Å². The first kappa shape index (κ1) is 21.1. The van der Waals surface area contributed by atoms with Crippen LogP contribution in [-0.4, -0.2) is 42.1 Å². The van der Waals surface area contributed by atoms with Crippen molar-refractivity contribution >= 4 is 24.5 Å². The van der Waals surface area contributed by atoms with Crippen molar-refractivity contribution < 1.29 is 18.3 Å². The van der Waals surface area contributed by atoms with Crippen LogP contribution in [0.2, 0.25) is 0 Å². The lowest BCUT2D eigenvalue weighted by atomic mass is 10.2. The maximum Gasteiger partial charge on any atom is 0.433 e. The molecule has 0 saturated heterocycles. The summed E-state index contributed by atoms with van der Waals surface area (Å²) in [5.41, 5.74) is -1.04. The SMILES string of the molecule is C[C@@H](Nc1nc(N[C@]2(S)CCC[C@H]2O)nc(-c2cccc(C(F)(F)F)n2)n1)C1CC1. The lowest BCUT2D eigenvalue weighted by Gasteiger charge is -2.28. The van der Waals surface area contributed by atoms with Gasteiger partial charge in [0, 0.05) is 6.04 Å². The lowest BCUT2D eigenvalue weighted by Crippen LogP contribution is -2.40. The molecule has 0 aliphatic heterocycles. The molecular formula is C19H23F3N6OS. The Labute approximate surface area is 177 Å². The Bertz CT molecular complexity index is 925. The monoisotopic (exact) mass is 440 g/mol. The first-order chi connectivity index (χ1) is 14.1. The molecule has 0 bridgehead atoms. The Balaban J connectivity index is 1.70. The highest BCUT2D eigenvalue weighted by atomic mass is 32.1. The van der Waals surface area contributed by atoms with Crippen molar-refractivity contribution in [2.45, 2.75) is 62.2 Å². The summed E-state index contributed by atoms with van der Waals surface area (Å²) >= 11 is 4.56. The average Bonchev–Trinajstić information content (AvgIpc) is 3.48. The van der Waals surface area contributed by atoms with Crippen LogP contribution in [0.15, 0.2) is 18.2 Å². The molecule has 2 aromatic heterocycles. The Hall–Kier alpha value is -2.14. The van der Waals surface area contributed by atoms with Crippen LogP contribution in [0.4, 0.5) is 25.1 Å². The van der Waals surface area contributed by atoms with E-state index in [0.29, 0.717) is 18.8 Å². The topological polar surface area (TPSA) is 95.9 Å². The molecule has 0 spiro atoms. The smallest absolute Gasteiger partial charge is 0.390 e. The number of pyridine rings is 1. The fraction of sp³-hybridized carbons (Fsp3) is 0.579. The molecule has 0 aromatic carbocycles. The van der Waals surface area contributed by atoms with Crippen molar-refractivity contribution in [1.29, 1.82) is 0 Å². The number of aliphatic hydroxyl groups is 1. The summed E-state index contributed by atoms with van der Waals surface area (Å²) in [7, 11) is 0. The first-order valence-corrected chi connectivity index (χ1v) is 10.3. The number of nitrogens with zero attached hydrogens (tertiary/aromatic N) is 4. The number of nitrogens with one attached hydrogen (secondary N) is 2. The van der Waals surface area contributed by atoms with Gasteiger partial charge in [0.1, 0.15) is 16.3 Å². The minimum atomic E-state index is -4.57. The fourth-order valence-electron chi connectivity index (χ4n) is 3.56. The summed E-state index contributed by atoms with van der Waals surface area (Å²) in [6.07, 6.45) is -1.08. The Morgan fingerprint density at radius 1 is 1.13 bits per heavy atom. The third-order valence-corrected chi connectivity index (χ3v) is 6.14. The van der Waals surface area contributed by atoms with Crippen LogP contribution in [0.1, 0.15) is 44.7 Å². The van der Waals surface area contributed by atoms with Gasteiger partial charge in [-0.2, -0.15) is 28.1 Å². The van der Waals surface area contributed by atoms with E-state index < -0.39 is 22.8 Å². The lowest BCUT2D eigenvalue weighted by molar-refractivity contribution is -0.141. The maximum atomic E-state index is 13.1. The van der Waals surface area contributed by atoms with E-state index in [2.05, 4.69) is 43.2 Å². The first-order valence-electron chi connectivity index (χ1n) is 9.90. The van der Waals surface area contributed by atoms with Crippen molar-refractivity contribution in [2.75, 3.05) is 10.6 Å². The summed E-state index contributed by atoms with van der Waals surface area (Å²) in [4.78, 5) is 15.7. The van der Waals surface area contributed by atoms with Crippen LogP contribution in [0, 0.1) is 5.92 Å². The minimum absolute atomic E-state index is 0.00789. The molecule has 2 fully saturated rings. The minimum Gasteiger partial charge on any atom is -0.390 e. The van der Waals surface area contributed by atoms with Gasteiger partial charge in [-0.25, -0.2) is 4.98 Å². The second kappa shape index (κ2) is 7.84. The third-order valence-electron chi connectivity index (χ3n) is 5.50. The summed E-state index contributed by atoms with van der Waals surface area (Å²) in [6.45, 7) is 2.01. The molecule has 3 atom stereocenters. The van der Waals surface area contributed by atoms with E-state index >= 15 is 0 Å². The van der Waals surface area contributed by atoms with Gasteiger partial charge in [0.2, 0.25) is 11.9 Å². The highest BCUT2D eigenvalue weighted by molar-refractivity contribution is 7.82. The number of aliphatic hydroxyl groups excluding tert-OH is 1. The molecule has 30 heavy (non-hydrogen) atoms. The molecule has 162 valence electrons. The van der Waals surface area contributed by atoms with E-state index in [1.807, 2.05) is 6.92 Å². The van der Waals surface area contributed by atoms with Gasteiger partial charge in [-0.1, -0.05) is 6.07 Å². The molecule has 3 N–H and O–H groups in total. The van der Waals surface area contributed by atoms with E-state index in [1.54, 1.807) is 0 Å². The molecule has 2 aliphatic rings. The van der Waals surface area contributed by atoms with E-state index in [4.69, 9.17) is 0 Å². The van der Waals surface area contributed by atoms with Crippen molar-refractivity contribution in [3.63, 3.8) is 0 Å². The summed E-state index contributed by atoms with van der Waals surface area (Å²) in [5.74, 6) is 0.890. The van der Waals surface area contributed by atoms with Gasteiger partial charge in [-0.3, -0.25) is 0 Å². The van der Waals surface area contributed by atoms with Crippen LogP contribution in [0.5, 0.6) is 0 Å². The average molecular weight is 440 g/mol. The normalized spacial score (nSPS) is 25.2. The van der Waals surface area contributed by atoms with Gasteiger partial charge in [-0.15, -0.1) is 12.6 Å². The number of anilines is 2. The maximum absolute atomic E-state index is 13.1. The summed E-state index contributed by atoms with van der Waals surface area (Å²) in [5, 5.41) is 16.5. The highest BCUT2D eigenvalue weighted by Gasteiger charge is 2.40. The van der Waals surface area contributed by atoms with Crippen molar-refractivity contribution in [3.8, 4) is 11.5 Å². The van der Waals surface area contributed by atoms with Crippen LogP contribution in [0.3, 0.4) is 0 Å². The predicted octanol–water partition coefficient (Wildman–Crippen LogP) is 3.75. The quantitative estimate of drug-likeness (QED) is 0.401. The molecule has 0 unspecified atom stereocenters. The second-order valence-corrected chi connectivity index (χ2v) is 8.74. The molecule has 11 heteroatoms. The molecule has 0 radical (unpaired) electrons. The van der Waals surface area contributed by atoms with Gasteiger partial charge in [0.25, 0.3) is 0 Å². The molecule has 2 heterocycles. The van der Waals surface area contributed by atoms with Crippen LogP contribution in [-0.2, 0) is 6.18 Å². The molecule has 2 saturated carbocycles. The van der Waals surface area contributed by atoms with Crippen LogP contribution in [0.25, 0.3) is 11.5 Å². The molecule has 2 aliphatic carbocycles. The number of halogens is 3. The standard InChI is InChI=1S/C19H23F3N6OS/c1-10(11-7-8-11)23-16-25-15(12-4-2-5-13(24-12)19(20,21)22)26-17(27-16)28-18(30)9-3-6-14(18)29/h2,4-5,10-11,14,29-30H,3,6-9H2,1H3,(H2,23,25,26,27,28)/t10-,14-,18+/m1/s1. The van der Waals surface area contributed by atoms with Gasteiger partial charge < -0.3 is 15.7 Å². The van der Waals surface area contributed by atoms with Crippen molar-refractivity contribution in [2.24, 2.45) is 5.92 Å².